The first-order valence-corrected chi connectivity index (χ1v) is 4.96. The minimum absolute atomic E-state index is 0.534. The molecule has 0 aliphatic heterocycles. The number of halogens is 2. The van der Waals surface area contributed by atoms with Gasteiger partial charge in [0.25, 0.3) is 5.92 Å². The molecule has 1 aromatic carbocycles. The lowest BCUT2D eigenvalue weighted by molar-refractivity contribution is -0.0828. The van der Waals surface area contributed by atoms with Crippen LogP contribution in [-0.2, 0) is 0 Å². The predicted octanol–water partition coefficient (Wildman–Crippen LogP) is 3.27. The van der Waals surface area contributed by atoms with E-state index < -0.39 is 18.4 Å². The summed E-state index contributed by atoms with van der Waals surface area (Å²) in [5.74, 6) is -3.16. The van der Waals surface area contributed by atoms with Gasteiger partial charge in [-0.25, -0.2) is 8.78 Å². The second kappa shape index (κ2) is 5.56. The highest BCUT2D eigenvalue weighted by molar-refractivity contribution is 5.49. The Balaban J connectivity index is 2.67. The number of allylic oxidation sites excluding steroid dienone is 1. The van der Waals surface area contributed by atoms with Crippen LogP contribution in [0.3, 0.4) is 0 Å². The first kappa shape index (κ1) is 12.6. The molecule has 0 fully saturated rings. The fourth-order valence-electron chi connectivity index (χ4n) is 1.22. The van der Waals surface area contributed by atoms with Gasteiger partial charge in [0, 0.05) is 6.42 Å². The van der Waals surface area contributed by atoms with E-state index in [0.717, 1.165) is 17.7 Å². The van der Waals surface area contributed by atoms with Crippen LogP contribution in [0, 0.1) is 0 Å². The van der Waals surface area contributed by atoms with Gasteiger partial charge in [-0.05, 0) is 11.6 Å². The van der Waals surface area contributed by atoms with Crippen molar-refractivity contribution in [1.82, 2.24) is 0 Å². The molecule has 0 spiro atoms. The van der Waals surface area contributed by atoms with Crippen molar-refractivity contribution in [3.05, 3.63) is 54.6 Å². The Morgan fingerprint density at radius 3 is 2.50 bits per heavy atom. The molecule has 16 heavy (non-hydrogen) atoms. The van der Waals surface area contributed by atoms with Crippen molar-refractivity contribution in [2.24, 2.45) is 0 Å². The van der Waals surface area contributed by atoms with Gasteiger partial charge >= 0.3 is 0 Å². The number of hydrogen-bond donors (Lipinski definition) is 1. The van der Waals surface area contributed by atoms with E-state index in [1.54, 1.807) is 24.3 Å². The van der Waals surface area contributed by atoms with Gasteiger partial charge in [0.2, 0.25) is 0 Å². The zero-order chi connectivity index (χ0) is 12.0. The van der Waals surface area contributed by atoms with Crippen LogP contribution in [0.5, 0.6) is 0 Å². The summed E-state index contributed by atoms with van der Waals surface area (Å²) in [6.07, 6.45) is 1.35. The molecule has 1 unspecified atom stereocenters. The molecule has 1 N–H and O–H groups in total. The van der Waals surface area contributed by atoms with E-state index >= 15 is 0 Å². The van der Waals surface area contributed by atoms with E-state index in [0.29, 0.717) is 0 Å². The average Bonchev–Trinajstić information content (AvgIpc) is 2.27. The van der Waals surface area contributed by atoms with E-state index in [2.05, 4.69) is 6.58 Å². The monoisotopic (exact) mass is 224 g/mol. The Bertz CT molecular complexity index is 357. The van der Waals surface area contributed by atoms with E-state index in [1.165, 1.54) is 6.08 Å². The highest BCUT2D eigenvalue weighted by Gasteiger charge is 2.34. The standard InChI is InChI=1S/C13H14F2O/c1-2-10-13(14,15)12(16)9-8-11-6-4-3-5-7-11/h2-9,12,16H,1,10H2/b9-8+. The van der Waals surface area contributed by atoms with E-state index in [1.807, 2.05) is 6.07 Å². The minimum atomic E-state index is -3.16. The maximum atomic E-state index is 13.1. The summed E-state index contributed by atoms with van der Waals surface area (Å²) in [7, 11) is 0. The Labute approximate surface area is 93.7 Å². The summed E-state index contributed by atoms with van der Waals surface area (Å²) in [5.41, 5.74) is 0.774. The molecule has 0 aliphatic carbocycles. The topological polar surface area (TPSA) is 20.2 Å². The van der Waals surface area contributed by atoms with Gasteiger partial charge in [-0.2, -0.15) is 0 Å². The summed E-state index contributed by atoms with van der Waals surface area (Å²) >= 11 is 0. The van der Waals surface area contributed by atoms with Gasteiger partial charge in [0.05, 0.1) is 0 Å². The second-order valence-electron chi connectivity index (χ2n) is 3.47. The fraction of sp³-hybridized carbons (Fsp3) is 0.231. The maximum absolute atomic E-state index is 13.1. The zero-order valence-electron chi connectivity index (χ0n) is 8.81. The van der Waals surface area contributed by atoms with Crippen molar-refractivity contribution in [3.63, 3.8) is 0 Å². The third-order valence-corrected chi connectivity index (χ3v) is 2.12. The Morgan fingerprint density at radius 2 is 1.94 bits per heavy atom. The number of alkyl halides is 2. The summed E-state index contributed by atoms with van der Waals surface area (Å²) in [4.78, 5) is 0. The van der Waals surface area contributed by atoms with Crippen LogP contribution in [0.4, 0.5) is 8.78 Å². The third-order valence-electron chi connectivity index (χ3n) is 2.12. The second-order valence-corrected chi connectivity index (χ2v) is 3.47. The van der Waals surface area contributed by atoms with Crippen molar-refractivity contribution in [3.8, 4) is 0 Å². The summed E-state index contributed by atoms with van der Waals surface area (Å²) in [5, 5.41) is 9.28. The predicted molar refractivity (Wildman–Crippen MR) is 61.2 cm³/mol. The van der Waals surface area contributed by atoms with Crippen LogP contribution in [0.1, 0.15) is 12.0 Å². The zero-order valence-corrected chi connectivity index (χ0v) is 8.81. The molecular weight excluding hydrogens is 210 g/mol. The van der Waals surface area contributed by atoms with Crippen molar-refractivity contribution >= 4 is 6.08 Å². The lowest BCUT2D eigenvalue weighted by Crippen LogP contribution is -2.30. The molecule has 0 saturated heterocycles. The summed E-state index contributed by atoms with van der Waals surface area (Å²) < 4.78 is 26.3. The Kier molecular flexibility index (Phi) is 4.38. The number of aliphatic hydroxyl groups excluding tert-OH is 1. The van der Waals surface area contributed by atoms with E-state index in [9.17, 15) is 13.9 Å². The highest BCUT2D eigenvalue weighted by Crippen LogP contribution is 2.24. The molecule has 1 rings (SSSR count). The van der Waals surface area contributed by atoms with Crippen LogP contribution in [0.25, 0.3) is 6.08 Å². The van der Waals surface area contributed by atoms with Gasteiger partial charge in [0.15, 0.2) is 0 Å². The van der Waals surface area contributed by atoms with Crippen molar-refractivity contribution in [2.45, 2.75) is 18.4 Å². The summed E-state index contributed by atoms with van der Waals surface area (Å²) in [6.45, 7) is 3.23. The molecule has 0 aliphatic rings. The molecule has 1 atom stereocenters. The quantitative estimate of drug-likeness (QED) is 0.761. The molecule has 0 radical (unpaired) electrons. The minimum Gasteiger partial charge on any atom is -0.383 e. The van der Waals surface area contributed by atoms with E-state index in [-0.39, 0.29) is 0 Å². The molecule has 86 valence electrons. The lowest BCUT2D eigenvalue weighted by atomic mass is 10.1. The number of hydrogen-bond acceptors (Lipinski definition) is 1. The van der Waals surface area contributed by atoms with Crippen LogP contribution < -0.4 is 0 Å². The van der Waals surface area contributed by atoms with Crippen LogP contribution in [0.2, 0.25) is 0 Å². The smallest absolute Gasteiger partial charge is 0.280 e. The number of rotatable bonds is 5. The summed E-state index contributed by atoms with van der Waals surface area (Å²) in [6, 6.07) is 8.98. The van der Waals surface area contributed by atoms with Gasteiger partial charge in [-0.15, -0.1) is 6.58 Å². The third kappa shape index (κ3) is 3.59. The molecule has 0 bridgehead atoms. The van der Waals surface area contributed by atoms with Crippen LogP contribution in [0.15, 0.2) is 49.1 Å². The van der Waals surface area contributed by atoms with E-state index in [4.69, 9.17) is 0 Å². The lowest BCUT2D eigenvalue weighted by Gasteiger charge is -2.17. The normalized spacial score (nSPS) is 13.9. The molecule has 3 heteroatoms. The van der Waals surface area contributed by atoms with Crippen molar-refractivity contribution in [2.75, 3.05) is 0 Å². The first-order chi connectivity index (χ1) is 7.56. The molecule has 0 amide bonds. The van der Waals surface area contributed by atoms with Crippen LogP contribution >= 0.6 is 0 Å². The van der Waals surface area contributed by atoms with Gasteiger partial charge in [-0.1, -0.05) is 42.5 Å². The highest BCUT2D eigenvalue weighted by atomic mass is 19.3. The maximum Gasteiger partial charge on any atom is 0.280 e. The molecular formula is C13H14F2O. The molecule has 0 heterocycles. The van der Waals surface area contributed by atoms with Gasteiger partial charge in [-0.3, -0.25) is 0 Å². The molecule has 0 aromatic heterocycles. The molecule has 1 aromatic rings. The molecule has 0 saturated carbocycles. The van der Waals surface area contributed by atoms with Gasteiger partial charge in [0.1, 0.15) is 6.10 Å². The first-order valence-electron chi connectivity index (χ1n) is 4.96. The fourth-order valence-corrected chi connectivity index (χ4v) is 1.22. The number of benzene rings is 1. The largest absolute Gasteiger partial charge is 0.383 e. The number of aliphatic hydroxyl groups is 1. The molecule has 1 nitrogen and oxygen atoms in total. The van der Waals surface area contributed by atoms with Crippen molar-refractivity contribution in [1.29, 1.82) is 0 Å². The van der Waals surface area contributed by atoms with Gasteiger partial charge < -0.3 is 5.11 Å². The van der Waals surface area contributed by atoms with Crippen LogP contribution in [-0.4, -0.2) is 17.1 Å². The average molecular weight is 224 g/mol. The Hall–Kier alpha value is -1.48. The Morgan fingerprint density at radius 1 is 1.31 bits per heavy atom. The SMILES string of the molecule is C=CCC(F)(F)C(O)/C=C/c1ccccc1. The van der Waals surface area contributed by atoms with Crippen molar-refractivity contribution < 1.29 is 13.9 Å².